The van der Waals surface area contributed by atoms with Crippen molar-refractivity contribution in [1.82, 2.24) is 9.97 Å². The van der Waals surface area contributed by atoms with Crippen LogP contribution in [0.3, 0.4) is 0 Å². The summed E-state index contributed by atoms with van der Waals surface area (Å²) in [6, 6.07) is 15.8. The largest absolute Gasteiger partial charge is 0.506 e. The third kappa shape index (κ3) is 5.37. The quantitative estimate of drug-likeness (QED) is 0.167. The van der Waals surface area contributed by atoms with Crippen molar-refractivity contribution in [3.05, 3.63) is 98.5 Å². The van der Waals surface area contributed by atoms with Crippen LogP contribution in [0.4, 0.5) is 0 Å². The summed E-state index contributed by atoms with van der Waals surface area (Å²) in [6.45, 7) is 2.10. The molecule has 0 aliphatic heterocycles. The number of carbonyl (C=O) groups excluding carboxylic acids is 1. The first-order valence-corrected chi connectivity index (χ1v) is 9.89. The number of aliphatic hydroxyl groups is 1. The van der Waals surface area contributed by atoms with Crippen LogP contribution in [0, 0.1) is 6.92 Å². The van der Waals surface area contributed by atoms with Crippen LogP contribution in [-0.2, 0) is 6.54 Å². The van der Waals surface area contributed by atoms with Gasteiger partial charge >= 0.3 is 0 Å². The molecular weight excluding hydrogens is 454 g/mol. The summed E-state index contributed by atoms with van der Waals surface area (Å²) in [5, 5.41) is 11.1. The van der Waals surface area contributed by atoms with Gasteiger partial charge in [0, 0.05) is 23.5 Å². The normalized spacial score (nSPS) is 12.1. The fourth-order valence-electron chi connectivity index (χ4n) is 2.64. The van der Waals surface area contributed by atoms with Crippen LogP contribution in [0.15, 0.2) is 76.0 Å². The predicted molar refractivity (Wildman–Crippen MR) is 118 cm³/mol. The second-order valence-corrected chi connectivity index (χ2v) is 7.40. The van der Waals surface area contributed by atoms with Crippen molar-refractivity contribution < 1.29 is 9.90 Å². The average molecular weight is 471 g/mol. The highest BCUT2D eigenvalue weighted by atomic mass is 79.9. The fourth-order valence-corrected chi connectivity index (χ4v) is 3.13. The van der Waals surface area contributed by atoms with Crippen LogP contribution in [-0.4, -0.2) is 27.1 Å². The Labute approximate surface area is 182 Å². The van der Waals surface area contributed by atoms with Gasteiger partial charge in [0.25, 0.3) is 0 Å². The van der Waals surface area contributed by atoms with Crippen LogP contribution in [0.1, 0.15) is 27.2 Å². The van der Waals surface area contributed by atoms with Crippen molar-refractivity contribution >= 4 is 45.3 Å². The number of pyridine rings is 2. The highest BCUT2D eigenvalue weighted by Crippen LogP contribution is 2.21. The van der Waals surface area contributed by atoms with Crippen LogP contribution in [0.5, 0.6) is 0 Å². The Morgan fingerprint density at radius 3 is 2.66 bits per heavy atom. The van der Waals surface area contributed by atoms with E-state index in [1.165, 1.54) is 12.4 Å². The van der Waals surface area contributed by atoms with Gasteiger partial charge in [-0.15, -0.1) is 0 Å². The lowest BCUT2D eigenvalue weighted by Gasteiger charge is -2.09. The molecule has 1 N–H and O–H groups in total. The number of nitrogens with zero attached hydrogens (tertiary/aromatic N) is 3. The van der Waals surface area contributed by atoms with E-state index in [-0.39, 0.29) is 23.7 Å². The molecule has 0 aliphatic carbocycles. The zero-order chi connectivity index (χ0) is 20.8. The van der Waals surface area contributed by atoms with Crippen LogP contribution < -0.4 is 0 Å². The third-order valence-electron chi connectivity index (χ3n) is 4.14. The van der Waals surface area contributed by atoms with Gasteiger partial charge in [-0.25, -0.2) is 9.97 Å². The topological polar surface area (TPSA) is 75.4 Å². The van der Waals surface area contributed by atoms with Crippen molar-refractivity contribution in [2.45, 2.75) is 13.5 Å². The number of allylic oxidation sites excluding steroid dienone is 1. The molecule has 2 aromatic heterocycles. The minimum Gasteiger partial charge on any atom is -0.506 e. The summed E-state index contributed by atoms with van der Waals surface area (Å²) in [4.78, 5) is 25.8. The van der Waals surface area contributed by atoms with Crippen LogP contribution >= 0.6 is 27.5 Å². The number of benzene rings is 1. The van der Waals surface area contributed by atoms with Gasteiger partial charge in [0.05, 0.1) is 17.8 Å². The first-order chi connectivity index (χ1) is 14.0. The number of Topliss-reactive ketones (excluding diaryl/α,β-unsaturated/α-hetero) is 1. The van der Waals surface area contributed by atoms with E-state index < -0.39 is 0 Å². The molecule has 0 saturated carbocycles. The Bertz CT molecular complexity index is 1100. The highest BCUT2D eigenvalue weighted by Gasteiger charge is 2.18. The zero-order valence-electron chi connectivity index (χ0n) is 15.5. The molecule has 0 radical (unpaired) electrons. The Hall–Kier alpha value is -2.83. The number of ketones is 1. The molecule has 0 atom stereocenters. The lowest BCUT2D eigenvalue weighted by molar-refractivity contribution is 0.103. The molecule has 0 bridgehead atoms. The number of rotatable bonds is 6. The Balaban J connectivity index is 2.00. The molecule has 0 spiro atoms. The Kier molecular flexibility index (Phi) is 6.90. The van der Waals surface area contributed by atoms with Crippen molar-refractivity contribution in [1.29, 1.82) is 0 Å². The Morgan fingerprint density at radius 1 is 1.17 bits per heavy atom. The molecule has 3 aromatic rings. The van der Waals surface area contributed by atoms with E-state index in [1.807, 2.05) is 37.3 Å². The lowest BCUT2D eigenvalue weighted by Crippen LogP contribution is -2.10. The molecule has 0 saturated heterocycles. The van der Waals surface area contributed by atoms with Crippen molar-refractivity contribution in [3.63, 3.8) is 0 Å². The lowest BCUT2D eigenvalue weighted by atomic mass is 9.97. The SMILES string of the molecule is Cc1ccccc1C(=O)C(C=NCc1cccc(Br)n1)=C(O)c1ccc(Cl)nc1. The monoisotopic (exact) mass is 469 g/mol. The summed E-state index contributed by atoms with van der Waals surface area (Å²) in [5.41, 5.74) is 2.46. The van der Waals surface area contributed by atoms with E-state index >= 15 is 0 Å². The minimum atomic E-state index is -0.332. The number of hydrogen-bond donors (Lipinski definition) is 1. The van der Waals surface area contributed by atoms with Gasteiger partial charge in [-0.3, -0.25) is 9.79 Å². The van der Waals surface area contributed by atoms with Crippen molar-refractivity contribution in [2.24, 2.45) is 4.99 Å². The summed E-state index contributed by atoms with van der Waals surface area (Å²) in [7, 11) is 0. The van der Waals surface area contributed by atoms with Crippen molar-refractivity contribution in [2.75, 3.05) is 0 Å². The smallest absolute Gasteiger partial charge is 0.198 e. The molecule has 7 heteroatoms. The number of halogens is 2. The highest BCUT2D eigenvalue weighted by molar-refractivity contribution is 9.10. The second kappa shape index (κ2) is 9.58. The molecule has 0 unspecified atom stereocenters. The molecule has 0 aliphatic rings. The summed E-state index contributed by atoms with van der Waals surface area (Å²) >= 11 is 9.15. The van der Waals surface area contributed by atoms with Gasteiger partial charge in [-0.1, -0.05) is 41.9 Å². The number of carbonyl (C=O) groups is 1. The average Bonchev–Trinajstić information content (AvgIpc) is 2.71. The maximum Gasteiger partial charge on any atom is 0.198 e. The molecule has 2 heterocycles. The number of aromatic nitrogens is 2. The first-order valence-electron chi connectivity index (χ1n) is 8.72. The molecule has 3 rings (SSSR count). The minimum absolute atomic E-state index is 0.0680. The van der Waals surface area contributed by atoms with Crippen LogP contribution in [0.25, 0.3) is 5.76 Å². The van der Waals surface area contributed by atoms with E-state index in [2.05, 4.69) is 30.9 Å². The number of aliphatic imine (C=N–C) groups is 1. The van der Waals surface area contributed by atoms with E-state index in [0.717, 1.165) is 11.3 Å². The van der Waals surface area contributed by atoms with Gasteiger partial charge in [-0.2, -0.15) is 0 Å². The van der Waals surface area contributed by atoms with Crippen molar-refractivity contribution in [3.8, 4) is 0 Å². The second-order valence-electron chi connectivity index (χ2n) is 6.20. The van der Waals surface area contributed by atoms with E-state index in [4.69, 9.17) is 11.6 Å². The maximum atomic E-state index is 13.2. The Morgan fingerprint density at radius 2 is 1.97 bits per heavy atom. The molecule has 5 nitrogen and oxygen atoms in total. The van der Waals surface area contributed by atoms with Gasteiger partial charge < -0.3 is 5.11 Å². The van der Waals surface area contributed by atoms with Gasteiger partial charge in [0.2, 0.25) is 0 Å². The zero-order valence-corrected chi connectivity index (χ0v) is 17.9. The molecule has 146 valence electrons. The number of aliphatic hydroxyl groups excluding tert-OH is 1. The van der Waals surface area contributed by atoms with Crippen LogP contribution in [0.2, 0.25) is 5.15 Å². The summed E-state index contributed by atoms with van der Waals surface area (Å²) < 4.78 is 0.701. The number of aryl methyl sites for hydroxylation is 1. The molecular formula is C22H17BrClN3O2. The third-order valence-corrected chi connectivity index (χ3v) is 4.80. The standard InChI is InChI=1S/C22H17BrClN3O2/c1-14-5-2-3-7-17(14)22(29)18(21(28)15-9-10-20(24)26-11-15)13-25-12-16-6-4-8-19(23)27-16/h2-11,13,28H,12H2,1H3. The maximum absolute atomic E-state index is 13.2. The van der Waals surface area contributed by atoms with Gasteiger partial charge in [-0.05, 0) is 52.7 Å². The van der Waals surface area contributed by atoms with E-state index in [1.54, 1.807) is 24.3 Å². The first kappa shape index (κ1) is 20.9. The number of hydrogen-bond acceptors (Lipinski definition) is 5. The van der Waals surface area contributed by atoms with Gasteiger partial charge in [0.1, 0.15) is 15.5 Å². The van der Waals surface area contributed by atoms with E-state index in [9.17, 15) is 9.90 Å². The fraction of sp³-hybridized carbons (Fsp3) is 0.0909. The molecule has 1 aromatic carbocycles. The summed E-state index contributed by atoms with van der Waals surface area (Å²) in [5.74, 6) is -0.546. The van der Waals surface area contributed by atoms with E-state index in [0.29, 0.717) is 20.9 Å². The van der Waals surface area contributed by atoms with Gasteiger partial charge in [0.15, 0.2) is 5.78 Å². The molecule has 0 fully saturated rings. The molecule has 29 heavy (non-hydrogen) atoms. The predicted octanol–water partition coefficient (Wildman–Crippen LogP) is 5.62. The molecule has 0 amide bonds. The summed E-state index contributed by atoms with van der Waals surface area (Å²) in [6.07, 6.45) is 2.79.